The summed E-state index contributed by atoms with van der Waals surface area (Å²) in [7, 11) is 0. The number of anilines is 1. The van der Waals surface area contributed by atoms with Crippen molar-refractivity contribution in [2.45, 2.75) is 6.61 Å². The summed E-state index contributed by atoms with van der Waals surface area (Å²) in [6, 6.07) is 19.0. The monoisotopic (exact) mass is 373 g/mol. The molecular weight excluding hydrogens is 354 g/mol. The predicted octanol–water partition coefficient (Wildman–Crippen LogP) is 3.27. The molecule has 0 unspecified atom stereocenters. The molecule has 1 amide bonds. The molecule has 7 heteroatoms. The SMILES string of the molecule is N#Cc1cnn(-c2ccc(C=CCNC(=O)OCc3ccccc3)cc2)c1N. The number of carbonyl (C=O) groups excluding carboxylic acids is 1. The first-order valence-corrected chi connectivity index (χ1v) is 8.62. The minimum Gasteiger partial charge on any atom is -0.445 e. The number of aromatic nitrogens is 2. The molecule has 0 fully saturated rings. The molecule has 0 spiro atoms. The molecule has 0 atom stereocenters. The number of amides is 1. The molecule has 2 aromatic carbocycles. The number of nitrogens with zero attached hydrogens (tertiary/aromatic N) is 3. The summed E-state index contributed by atoms with van der Waals surface area (Å²) in [5.41, 5.74) is 8.88. The molecular formula is C21H19N5O2. The lowest BCUT2D eigenvalue weighted by Gasteiger charge is -2.05. The Morgan fingerprint density at radius 1 is 1.21 bits per heavy atom. The maximum Gasteiger partial charge on any atom is 0.407 e. The lowest BCUT2D eigenvalue weighted by Crippen LogP contribution is -2.24. The first-order chi connectivity index (χ1) is 13.7. The van der Waals surface area contributed by atoms with Crippen molar-refractivity contribution < 1.29 is 9.53 Å². The summed E-state index contributed by atoms with van der Waals surface area (Å²) in [4.78, 5) is 11.7. The van der Waals surface area contributed by atoms with Gasteiger partial charge in [-0.1, -0.05) is 54.6 Å². The number of nitrogens with two attached hydrogens (primary N) is 1. The van der Waals surface area contributed by atoms with Crippen LogP contribution in [-0.4, -0.2) is 22.4 Å². The number of hydrogen-bond acceptors (Lipinski definition) is 5. The van der Waals surface area contributed by atoms with Crippen LogP contribution < -0.4 is 11.1 Å². The third-order valence-electron chi connectivity index (χ3n) is 3.95. The molecule has 3 rings (SSSR count). The van der Waals surface area contributed by atoms with Crippen molar-refractivity contribution in [1.82, 2.24) is 15.1 Å². The number of alkyl carbamates (subject to hydrolysis) is 1. The third-order valence-corrected chi connectivity index (χ3v) is 3.95. The Morgan fingerprint density at radius 3 is 2.64 bits per heavy atom. The van der Waals surface area contributed by atoms with Crippen molar-refractivity contribution in [3.8, 4) is 11.8 Å². The van der Waals surface area contributed by atoms with Gasteiger partial charge in [-0.25, -0.2) is 9.48 Å². The molecule has 0 bridgehead atoms. The topological polar surface area (TPSA) is 106 Å². The second-order valence-corrected chi connectivity index (χ2v) is 5.90. The van der Waals surface area contributed by atoms with Crippen molar-refractivity contribution in [3.05, 3.63) is 83.6 Å². The van der Waals surface area contributed by atoms with Crippen molar-refractivity contribution in [3.63, 3.8) is 0 Å². The number of carbonyl (C=O) groups is 1. The van der Waals surface area contributed by atoms with E-state index in [9.17, 15) is 4.79 Å². The zero-order valence-corrected chi connectivity index (χ0v) is 15.1. The van der Waals surface area contributed by atoms with E-state index < -0.39 is 6.09 Å². The average Bonchev–Trinajstić information content (AvgIpc) is 3.11. The Kier molecular flexibility index (Phi) is 6.06. The quantitative estimate of drug-likeness (QED) is 0.690. The van der Waals surface area contributed by atoms with Crippen LogP contribution in [0.1, 0.15) is 16.7 Å². The largest absolute Gasteiger partial charge is 0.445 e. The van der Waals surface area contributed by atoms with Gasteiger partial charge in [-0.05, 0) is 23.3 Å². The van der Waals surface area contributed by atoms with Crippen LogP contribution >= 0.6 is 0 Å². The van der Waals surface area contributed by atoms with E-state index >= 15 is 0 Å². The van der Waals surface area contributed by atoms with E-state index in [1.807, 2.05) is 72.8 Å². The second-order valence-electron chi connectivity index (χ2n) is 5.90. The molecule has 0 saturated heterocycles. The Morgan fingerprint density at radius 2 is 1.96 bits per heavy atom. The molecule has 0 radical (unpaired) electrons. The highest BCUT2D eigenvalue weighted by Crippen LogP contribution is 2.17. The predicted molar refractivity (Wildman–Crippen MR) is 106 cm³/mol. The summed E-state index contributed by atoms with van der Waals surface area (Å²) in [6.07, 6.45) is 4.68. The van der Waals surface area contributed by atoms with E-state index in [-0.39, 0.29) is 6.61 Å². The molecule has 140 valence electrons. The average molecular weight is 373 g/mol. The van der Waals surface area contributed by atoms with Crippen LogP contribution in [0, 0.1) is 11.3 Å². The molecule has 0 aliphatic heterocycles. The zero-order valence-electron chi connectivity index (χ0n) is 15.1. The van der Waals surface area contributed by atoms with Crippen molar-refractivity contribution in [1.29, 1.82) is 5.26 Å². The Labute approximate surface area is 162 Å². The van der Waals surface area contributed by atoms with Crippen molar-refractivity contribution in [2.24, 2.45) is 0 Å². The molecule has 28 heavy (non-hydrogen) atoms. The standard InChI is InChI=1S/C21H19N5O2/c22-13-18-14-25-26(20(18)23)19-10-8-16(9-11-19)7-4-12-24-21(27)28-15-17-5-2-1-3-6-17/h1-11,14H,12,15,23H2,(H,24,27). The number of nitriles is 1. The summed E-state index contributed by atoms with van der Waals surface area (Å²) < 4.78 is 6.65. The number of hydrogen-bond donors (Lipinski definition) is 2. The molecule has 0 aliphatic rings. The lowest BCUT2D eigenvalue weighted by atomic mass is 10.2. The van der Waals surface area contributed by atoms with Gasteiger partial charge in [0, 0.05) is 6.54 Å². The summed E-state index contributed by atoms with van der Waals surface area (Å²) in [6.45, 7) is 0.592. The lowest BCUT2D eigenvalue weighted by molar-refractivity contribution is 0.141. The van der Waals surface area contributed by atoms with Gasteiger partial charge < -0.3 is 15.8 Å². The van der Waals surface area contributed by atoms with Gasteiger partial charge in [-0.3, -0.25) is 0 Å². The third kappa shape index (κ3) is 4.77. The van der Waals surface area contributed by atoms with Gasteiger partial charge in [0.1, 0.15) is 24.1 Å². The highest BCUT2D eigenvalue weighted by Gasteiger charge is 2.07. The van der Waals surface area contributed by atoms with Gasteiger partial charge in [-0.2, -0.15) is 10.4 Å². The van der Waals surface area contributed by atoms with E-state index in [1.54, 1.807) is 0 Å². The fourth-order valence-electron chi connectivity index (χ4n) is 2.49. The van der Waals surface area contributed by atoms with Crippen molar-refractivity contribution in [2.75, 3.05) is 12.3 Å². The van der Waals surface area contributed by atoms with Crippen LogP contribution in [0.5, 0.6) is 0 Å². The fourth-order valence-corrected chi connectivity index (χ4v) is 2.49. The maximum absolute atomic E-state index is 11.7. The highest BCUT2D eigenvalue weighted by atomic mass is 16.5. The van der Waals surface area contributed by atoms with Gasteiger partial charge in [0.15, 0.2) is 0 Å². The van der Waals surface area contributed by atoms with Gasteiger partial charge >= 0.3 is 6.09 Å². The van der Waals surface area contributed by atoms with Crippen LogP contribution in [0.15, 0.2) is 66.9 Å². The number of nitrogens with one attached hydrogen (secondary N) is 1. The molecule has 7 nitrogen and oxygen atoms in total. The molecule has 0 saturated carbocycles. The van der Waals surface area contributed by atoms with E-state index in [0.29, 0.717) is 17.9 Å². The smallest absolute Gasteiger partial charge is 0.407 e. The van der Waals surface area contributed by atoms with E-state index in [2.05, 4.69) is 10.4 Å². The molecule has 1 aromatic heterocycles. The maximum atomic E-state index is 11.7. The van der Waals surface area contributed by atoms with Crippen LogP contribution in [0.2, 0.25) is 0 Å². The molecule has 1 heterocycles. The first-order valence-electron chi connectivity index (χ1n) is 8.62. The van der Waals surface area contributed by atoms with Crippen LogP contribution in [0.25, 0.3) is 11.8 Å². The van der Waals surface area contributed by atoms with Gasteiger partial charge in [0.25, 0.3) is 0 Å². The minimum atomic E-state index is -0.466. The second kappa shape index (κ2) is 9.05. The number of rotatable bonds is 6. The molecule has 3 aromatic rings. The van der Waals surface area contributed by atoms with Gasteiger partial charge in [0.2, 0.25) is 0 Å². The summed E-state index contributed by atoms with van der Waals surface area (Å²) in [5, 5.41) is 15.7. The fraction of sp³-hybridized carbons (Fsp3) is 0.0952. The Hall–Kier alpha value is -4.05. The van der Waals surface area contributed by atoms with E-state index in [4.69, 9.17) is 15.7 Å². The molecule has 0 aliphatic carbocycles. The van der Waals surface area contributed by atoms with E-state index in [1.165, 1.54) is 10.9 Å². The van der Waals surface area contributed by atoms with Crippen LogP contribution in [-0.2, 0) is 11.3 Å². The van der Waals surface area contributed by atoms with E-state index in [0.717, 1.165) is 16.8 Å². The van der Waals surface area contributed by atoms with Crippen molar-refractivity contribution >= 4 is 18.0 Å². The number of ether oxygens (including phenoxy) is 1. The number of benzene rings is 2. The van der Waals surface area contributed by atoms with Crippen LogP contribution in [0.3, 0.4) is 0 Å². The number of nitrogen functional groups attached to an aromatic ring is 1. The van der Waals surface area contributed by atoms with Gasteiger partial charge in [-0.15, -0.1) is 0 Å². The summed E-state index contributed by atoms with van der Waals surface area (Å²) in [5.74, 6) is 0.309. The van der Waals surface area contributed by atoms with Crippen LogP contribution in [0.4, 0.5) is 10.6 Å². The first kappa shape index (κ1) is 18.7. The normalized spacial score (nSPS) is 10.5. The zero-order chi connectivity index (χ0) is 19.8. The Balaban J connectivity index is 1.47. The molecule has 3 N–H and O–H groups in total. The summed E-state index contributed by atoms with van der Waals surface area (Å²) >= 11 is 0. The van der Waals surface area contributed by atoms with Gasteiger partial charge in [0.05, 0.1) is 11.9 Å². The highest BCUT2D eigenvalue weighted by molar-refractivity contribution is 5.67. The Bertz CT molecular complexity index is 1000. The minimum absolute atomic E-state index is 0.238.